The molecule has 11 heteroatoms. The molecule has 0 radical (unpaired) electrons. The molecule has 2 N–H and O–H groups in total. The summed E-state index contributed by atoms with van der Waals surface area (Å²) >= 11 is 7.06. The molecule has 0 fully saturated rings. The van der Waals surface area contributed by atoms with E-state index >= 15 is 0 Å². The number of carbonyl (C=O) groups is 1. The van der Waals surface area contributed by atoms with Crippen LogP contribution in [-0.2, 0) is 14.8 Å². The van der Waals surface area contributed by atoms with E-state index in [1.807, 2.05) is 0 Å². The van der Waals surface area contributed by atoms with Gasteiger partial charge < -0.3 is 14.8 Å². The fourth-order valence-electron chi connectivity index (χ4n) is 2.27. The second-order valence-corrected chi connectivity index (χ2v) is 8.61. The van der Waals surface area contributed by atoms with Crippen molar-refractivity contribution in [2.24, 2.45) is 0 Å². The molecule has 0 spiro atoms. The Morgan fingerprint density at radius 2 is 1.93 bits per heavy atom. The summed E-state index contributed by atoms with van der Waals surface area (Å²) in [4.78, 5) is 16.0. The van der Waals surface area contributed by atoms with Crippen molar-refractivity contribution in [1.29, 1.82) is 0 Å². The van der Waals surface area contributed by atoms with Crippen molar-refractivity contribution in [2.75, 3.05) is 23.8 Å². The minimum atomic E-state index is -3.75. The van der Waals surface area contributed by atoms with Crippen molar-refractivity contribution in [3.8, 4) is 11.5 Å². The summed E-state index contributed by atoms with van der Waals surface area (Å²) in [5.74, 6) is 0.368. The van der Waals surface area contributed by atoms with Gasteiger partial charge in [-0.2, -0.15) is 0 Å². The van der Waals surface area contributed by atoms with E-state index in [-0.39, 0.29) is 16.6 Å². The number of anilines is 2. The number of rotatable bonds is 8. The van der Waals surface area contributed by atoms with Crippen LogP contribution in [0.25, 0.3) is 0 Å². The number of sulfonamides is 1. The van der Waals surface area contributed by atoms with E-state index in [9.17, 15) is 13.2 Å². The predicted octanol–water partition coefficient (Wildman–Crippen LogP) is 3.62. The van der Waals surface area contributed by atoms with Crippen molar-refractivity contribution >= 4 is 49.7 Å². The van der Waals surface area contributed by atoms with Gasteiger partial charge in [0, 0.05) is 28.4 Å². The number of methoxy groups -OCH3 is 1. The summed E-state index contributed by atoms with van der Waals surface area (Å²) in [7, 11) is -2.28. The second kappa shape index (κ2) is 9.12. The molecule has 0 saturated carbocycles. The SMILES string of the molecule is COc1cc(Cl)ccc1OCC(=O)Nc1ccc(S(=O)(=O)Nc2nccs2)cc1. The zero-order chi connectivity index (χ0) is 20.9. The van der Waals surface area contributed by atoms with E-state index in [1.54, 1.807) is 23.6 Å². The van der Waals surface area contributed by atoms with Crippen molar-refractivity contribution < 1.29 is 22.7 Å². The third-order valence-electron chi connectivity index (χ3n) is 3.59. The minimum absolute atomic E-state index is 0.0489. The zero-order valence-corrected chi connectivity index (χ0v) is 17.5. The quantitative estimate of drug-likeness (QED) is 0.539. The first kappa shape index (κ1) is 20.9. The van der Waals surface area contributed by atoms with Crippen molar-refractivity contribution in [3.63, 3.8) is 0 Å². The molecule has 1 aromatic heterocycles. The number of nitrogens with one attached hydrogen (secondary N) is 2. The lowest BCUT2D eigenvalue weighted by atomic mass is 10.3. The number of hydrogen-bond donors (Lipinski definition) is 2. The van der Waals surface area contributed by atoms with Gasteiger partial charge in [0.15, 0.2) is 23.2 Å². The van der Waals surface area contributed by atoms with Gasteiger partial charge in [-0.25, -0.2) is 13.4 Å². The van der Waals surface area contributed by atoms with Crippen LogP contribution in [0.4, 0.5) is 10.8 Å². The molecule has 0 aliphatic carbocycles. The first-order valence-corrected chi connectivity index (χ1v) is 10.9. The highest BCUT2D eigenvalue weighted by atomic mass is 35.5. The lowest BCUT2D eigenvalue weighted by molar-refractivity contribution is -0.118. The number of hydrogen-bond acceptors (Lipinski definition) is 7. The van der Waals surface area contributed by atoms with Crippen LogP contribution < -0.4 is 19.5 Å². The van der Waals surface area contributed by atoms with Crippen molar-refractivity contribution in [1.82, 2.24) is 4.98 Å². The molecule has 2 aromatic carbocycles. The molecule has 3 rings (SSSR count). The largest absolute Gasteiger partial charge is 0.493 e. The zero-order valence-electron chi connectivity index (χ0n) is 15.1. The Kier molecular flexibility index (Phi) is 6.57. The molecule has 0 unspecified atom stereocenters. The molecule has 0 atom stereocenters. The maximum atomic E-state index is 12.3. The van der Waals surface area contributed by atoms with Gasteiger partial charge in [0.05, 0.1) is 12.0 Å². The molecule has 1 amide bonds. The fourth-order valence-corrected chi connectivity index (χ4v) is 4.22. The Hall–Kier alpha value is -2.82. The fraction of sp³-hybridized carbons (Fsp3) is 0.111. The van der Waals surface area contributed by atoms with Crippen molar-refractivity contribution in [3.05, 3.63) is 59.1 Å². The Morgan fingerprint density at radius 3 is 2.59 bits per heavy atom. The standard InChI is InChI=1S/C18H16ClN3O5S2/c1-26-16-10-12(19)2-7-15(16)27-11-17(23)21-13-3-5-14(6-4-13)29(24,25)22-18-20-8-9-28-18/h2-10H,11H2,1H3,(H,20,22)(H,21,23). The number of nitrogens with zero attached hydrogens (tertiary/aromatic N) is 1. The smallest absolute Gasteiger partial charge is 0.263 e. The first-order valence-electron chi connectivity index (χ1n) is 8.16. The summed E-state index contributed by atoms with van der Waals surface area (Å²) in [6, 6.07) is 10.5. The van der Waals surface area contributed by atoms with Gasteiger partial charge in [-0.3, -0.25) is 9.52 Å². The predicted molar refractivity (Wildman–Crippen MR) is 111 cm³/mol. The normalized spacial score (nSPS) is 11.0. The Labute approximate surface area is 176 Å². The Bertz CT molecular complexity index is 1090. The molecule has 0 saturated heterocycles. The van der Waals surface area contributed by atoms with Crippen LogP contribution >= 0.6 is 22.9 Å². The lowest BCUT2D eigenvalue weighted by Crippen LogP contribution is -2.20. The van der Waals surface area contributed by atoms with Gasteiger partial charge in [-0.05, 0) is 36.4 Å². The van der Waals surface area contributed by atoms with E-state index < -0.39 is 15.9 Å². The van der Waals surface area contributed by atoms with Crippen LogP contribution in [0.15, 0.2) is 58.9 Å². The average Bonchev–Trinajstić information content (AvgIpc) is 3.19. The highest BCUT2D eigenvalue weighted by Gasteiger charge is 2.15. The van der Waals surface area contributed by atoms with Gasteiger partial charge in [0.25, 0.3) is 15.9 Å². The summed E-state index contributed by atoms with van der Waals surface area (Å²) in [5.41, 5.74) is 0.426. The summed E-state index contributed by atoms with van der Waals surface area (Å²) in [6.07, 6.45) is 1.50. The van der Waals surface area contributed by atoms with Crippen LogP contribution in [0, 0.1) is 0 Å². The third kappa shape index (κ3) is 5.59. The second-order valence-electron chi connectivity index (χ2n) is 5.60. The average molecular weight is 454 g/mol. The van der Waals surface area contributed by atoms with Gasteiger partial charge in [-0.1, -0.05) is 11.6 Å². The summed E-state index contributed by atoms with van der Waals surface area (Å²) in [5, 5.41) is 5.05. The Balaban J connectivity index is 1.59. The molecule has 0 bridgehead atoms. The number of carbonyl (C=O) groups excluding carboxylic acids is 1. The minimum Gasteiger partial charge on any atom is -0.493 e. The summed E-state index contributed by atoms with van der Waals surface area (Å²) in [6.45, 7) is -0.260. The maximum Gasteiger partial charge on any atom is 0.263 e. The highest BCUT2D eigenvalue weighted by Crippen LogP contribution is 2.30. The Morgan fingerprint density at radius 1 is 1.17 bits per heavy atom. The van der Waals surface area contributed by atoms with E-state index in [0.29, 0.717) is 22.2 Å². The maximum absolute atomic E-state index is 12.3. The number of amides is 1. The van der Waals surface area contributed by atoms with Gasteiger partial charge in [0.2, 0.25) is 0 Å². The molecule has 29 heavy (non-hydrogen) atoms. The first-order chi connectivity index (χ1) is 13.9. The van der Waals surface area contributed by atoms with E-state index in [0.717, 1.165) is 0 Å². The molecule has 152 valence electrons. The molecule has 1 heterocycles. The topological polar surface area (TPSA) is 107 Å². The van der Waals surface area contributed by atoms with Crippen LogP contribution in [0.3, 0.4) is 0 Å². The molecule has 0 aliphatic rings. The van der Waals surface area contributed by atoms with E-state index in [4.69, 9.17) is 21.1 Å². The monoisotopic (exact) mass is 453 g/mol. The highest BCUT2D eigenvalue weighted by molar-refractivity contribution is 7.93. The molecular formula is C18H16ClN3O5S2. The number of ether oxygens (including phenoxy) is 2. The van der Waals surface area contributed by atoms with Crippen LogP contribution in [0.1, 0.15) is 0 Å². The summed E-state index contributed by atoms with van der Waals surface area (Å²) < 4.78 is 37.6. The van der Waals surface area contributed by atoms with Gasteiger partial charge in [0.1, 0.15) is 0 Å². The lowest BCUT2D eigenvalue weighted by Gasteiger charge is -2.11. The number of halogens is 1. The van der Waals surface area contributed by atoms with Crippen LogP contribution in [0.2, 0.25) is 5.02 Å². The number of thiazole rings is 1. The molecule has 0 aliphatic heterocycles. The van der Waals surface area contributed by atoms with Crippen LogP contribution in [-0.4, -0.2) is 33.0 Å². The van der Waals surface area contributed by atoms with Crippen molar-refractivity contribution in [2.45, 2.75) is 4.90 Å². The van der Waals surface area contributed by atoms with Gasteiger partial charge in [-0.15, -0.1) is 11.3 Å². The van der Waals surface area contributed by atoms with E-state index in [2.05, 4.69) is 15.0 Å². The molecular weight excluding hydrogens is 438 g/mol. The third-order valence-corrected chi connectivity index (χ3v) is 5.99. The van der Waals surface area contributed by atoms with Gasteiger partial charge >= 0.3 is 0 Å². The molecule has 3 aromatic rings. The van der Waals surface area contributed by atoms with E-state index in [1.165, 1.54) is 48.9 Å². The van der Waals surface area contributed by atoms with Crippen LogP contribution in [0.5, 0.6) is 11.5 Å². The number of benzene rings is 2. The molecule has 8 nitrogen and oxygen atoms in total. The number of aromatic nitrogens is 1.